The van der Waals surface area contributed by atoms with E-state index >= 15 is 0 Å². The van der Waals surface area contributed by atoms with Crippen molar-refractivity contribution in [1.29, 1.82) is 0 Å². The Balaban J connectivity index is 1.65. The monoisotopic (exact) mass is 378 g/mol. The van der Waals surface area contributed by atoms with E-state index in [0.29, 0.717) is 32.0 Å². The molecule has 2 aromatic rings. The minimum Gasteiger partial charge on any atom is -0.353 e. The van der Waals surface area contributed by atoms with E-state index in [0.717, 1.165) is 18.5 Å². The summed E-state index contributed by atoms with van der Waals surface area (Å²) >= 11 is 0. The first-order valence-corrected chi connectivity index (χ1v) is 8.26. The molecular weight excluding hydrogens is 361 g/mol. The summed E-state index contributed by atoms with van der Waals surface area (Å²) in [6.07, 6.45) is -2.28. The third-order valence-corrected chi connectivity index (χ3v) is 4.25. The van der Waals surface area contributed by atoms with Gasteiger partial charge in [0.15, 0.2) is 0 Å². The number of aromatic nitrogens is 1. The summed E-state index contributed by atoms with van der Waals surface area (Å²) in [5.41, 5.74) is -0.533. The minimum atomic E-state index is -4.47. The van der Waals surface area contributed by atoms with Crippen LogP contribution < -0.4 is 10.2 Å². The lowest BCUT2D eigenvalue weighted by Crippen LogP contribution is -2.46. The van der Waals surface area contributed by atoms with Gasteiger partial charge in [-0.25, -0.2) is 4.98 Å². The fraction of sp³-hybridized carbons (Fsp3) is 0.278. The molecule has 1 saturated heterocycles. The first kappa shape index (κ1) is 18.7. The second kappa shape index (κ2) is 7.65. The van der Waals surface area contributed by atoms with Crippen molar-refractivity contribution in [2.45, 2.75) is 6.18 Å². The molecule has 142 valence electrons. The van der Waals surface area contributed by atoms with E-state index < -0.39 is 17.6 Å². The molecule has 27 heavy (non-hydrogen) atoms. The molecule has 0 bridgehead atoms. The first-order valence-electron chi connectivity index (χ1n) is 8.26. The molecule has 1 fully saturated rings. The Hall–Kier alpha value is -3.10. The molecule has 1 aromatic carbocycles. The Morgan fingerprint density at radius 2 is 1.85 bits per heavy atom. The number of amides is 2. The van der Waals surface area contributed by atoms with Crippen LogP contribution >= 0.6 is 0 Å². The predicted molar refractivity (Wildman–Crippen MR) is 93.5 cm³/mol. The molecule has 1 aromatic heterocycles. The van der Waals surface area contributed by atoms with Crippen LogP contribution in [-0.2, 0) is 11.0 Å². The van der Waals surface area contributed by atoms with Crippen LogP contribution in [-0.4, -0.2) is 48.4 Å². The quantitative estimate of drug-likeness (QED) is 0.831. The van der Waals surface area contributed by atoms with Crippen molar-refractivity contribution in [2.24, 2.45) is 0 Å². The Morgan fingerprint density at radius 3 is 2.44 bits per heavy atom. The van der Waals surface area contributed by atoms with Crippen LogP contribution in [0.25, 0.3) is 0 Å². The van der Waals surface area contributed by atoms with Crippen molar-refractivity contribution in [3.8, 4) is 0 Å². The molecule has 6 nitrogen and oxygen atoms in total. The zero-order valence-electron chi connectivity index (χ0n) is 14.2. The minimum absolute atomic E-state index is 0.0592. The second-order valence-electron chi connectivity index (χ2n) is 6.07. The van der Waals surface area contributed by atoms with E-state index in [1.807, 2.05) is 4.90 Å². The van der Waals surface area contributed by atoms with Gasteiger partial charge in [0.25, 0.3) is 5.91 Å². The van der Waals surface area contributed by atoms with Crippen molar-refractivity contribution in [3.05, 3.63) is 53.7 Å². The summed E-state index contributed by atoms with van der Waals surface area (Å²) in [7, 11) is 0. The average molecular weight is 378 g/mol. The van der Waals surface area contributed by atoms with Gasteiger partial charge >= 0.3 is 6.18 Å². The summed E-state index contributed by atoms with van der Waals surface area (Å²) in [6, 6.07) is 7.69. The van der Waals surface area contributed by atoms with Gasteiger partial charge in [-0.15, -0.1) is 0 Å². The number of piperazine rings is 1. The highest BCUT2D eigenvalue weighted by molar-refractivity contribution is 6.04. The van der Waals surface area contributed by atoms with Gasteiger partial charge in [0.2, 0.25) is 6.41 Å². The number of anilines is 2. The van der Waals surface area contributed by atoms with Gasteiger partial charge in [-0.3, -0.25) is 9.59 Å². The highest BCUT2D eigenvalue weighted by Gasteiger charge is 2.30. The number of benzene rings is 1. The van der Waals surface area contributed by atoms with Gasteiger partial charge in [-0.05, 0) is 30.3 Å². The lowest BCUT2D eigenvalue weighted by atomic mass is 10.2. The Kier molecular flexibility index (Phi) is 5.29. The largest absolute Gasteiger partial charge is 0.416 e. The van der Waals surface area contributed by atoms with E-state index in [1.54, 1.807) is 17.0 Å². The van der Waals surface area contributed by atoms with Crippen molar-refractivity contribution in [2.75, 3.05) is 36.4 Å². The van der Waals surface area contributed by atoms with E-state index in [1.165, 1.54) is 18.3 Å². The van der Waals surface area contributed by atoms with E-state index in [9.17, 15) is 22.8 Å². The molecule has 0 spiro atoms. The summed E-state index contributed by atoms with van der Waals surface area (Å²) < 4.78 is 38.2. The van der Waals surface area contributed by atoms with E-state index in [-0.39, 0.29) is 11.3 Å². The van der Waals surface area contributed by atoms with Gasteiger partial charge in [-0.1, -0.05) is 6.07 Å². The lowest BCUT2D eigenvalue weighted by molar-refractivity contribution is -0.137. The van der Waals surface area contributed by atoms with Gasteiger partial charge < -0.3 is 15.1 Å². The zero-order chi connectivity index (χ0) is 19.4. The highest BCUT2D eigenvalue weighted by atomic mass is 19.4. The van der Waals surface area contributed by atoms with Gasteiger partial charge in [-0.2, -0.15) is 13.2 Å². The van der Waals surface area contributed by atoms with Crippen molar-refractivity contribution >= 4 is 23.8 Å². The first-order chi connectivity index (χ1) is 12.9. The summed E-state index contributed by atoms with van der Waals surface area (Å²) in [5.74, 6) is 0.135. The molecule has 1 N–H and O–H groups in total. The van der Waals surface area contributed by atoms with Crippen LogP contribution in [0, 0.1) is 0 Å². The number of hydrogen-bond acceptors (Lipinski definition) is 4. The van der Waals surface area contributed by atoms with Crippen LogP contribution in [0.5, 0.6) is 0 Å². The van der Waals surface area contributed by atoms with Gasteiger partial charge in [0.05, 0.1) is 11.1 Å². The molecule has 9 heteroatoms. The highest BCUT2D eigenvalue weighted by Crippen LogP contribution is 2.30. The second-order valence-corrected chi connectivity index (χ2v) is 6.07. The van der Waals surface area contributed by atoms with E-state index in [4.69, 9.17) is 0 Å². The fourth-order valence-corrected chi connectivity index (χ4v) is 2.74. The number of alkyl halides is 3. The number of hydrogen-bond donors (Lipinski definition) is 1. The standard InChI is InChI=1S/C18H17F3N4O2/c19-18(20,21)14-2-1-3-15(10-14)23-17(27)13-4-5-16(22-11-13)25-8-6-24(12-26)7-9-25/h1-5,10-12H,6-9H2,(H,23,27). The third-order valence-electron chi connectivity index (χ3n) is 4.25. The molecule has 0 aliphatic carbocycles. The number of pyridine rings is 1. The predicted octanol–water partition coefficient (Wildman–Crippen LogP) is 2.63. The number of nitrogens with one attached hydrogen (secondary N) is 1. The molecule has 0 saturated carbocycles. The molecule has 1 aliphatic rings. The van der Waals surface area contributed by atoms with E-state index in [2.05, 4.69) is 10.3 Å². The molecule has 2 amide bonds. The van der Waals surface area contributed by atoms with Gasteiger partial charge in [0.1, 0.15) is 5.82 Å². The maximum Gasteiger partial charge on any atom is 0.416 e. The Morgan fingerprint density at radius 1 is 1.11 bits per heavy atom. The van der Waals surface area contributed by atoms with Crippen molar-refractivity contribution in [1.82, 2.24) is 9.88 Å². The topological polar surface area (TPSA) is 65.5 Å². The number of nitrogens with zero attached hydrogens (tertiary/aromatic N) is 3. The maximum atomic E-state index is 12.7. The summed E-state index contributed by atoms with van der Waals surface area (Å²) in [4.78, 5) is 30.9. The molecule has 0 radical (unpaired) electrons. The average Bonchev–Trinajstić information content (AvgIpc) is 2.68. The summed E-state index contributed by atoms with van der Waals surface area (Å²) in [5, 5.41) is 2.45. The zero-order valence-corrected chi connectivity index (χ0v) is 14.2. The number of halogens is 3. The SMILES string of the molecule is O=CN1CCN(c2ccc(C(=O)Nc3cccc(C(F)(F)F)c3)cn2)CC1. The van der Waals surface area contributed by atoms with Crippen LogP contribution in [0.2, 0.25) is 0 Å². The maximum absolute atomic E-state index is 12.7. The third kappa shape index (κ3) is 4.55. The lowest BCUT2D eigenvalue weighted by Gasteiger charge is -2.33. The van der Waals surface area contributed by atoms with Crippen LogP contribution in [0.15, 0.2) is 42.6 Å². The molecule has 0 unspecified atom stereocenters. The smallest absolute Gasteiger partial charge is 0.353 e. The Bertz CT molecular complexity index is 816. The molecule has 2 heterocycles. The molecule has 1 aliphatic heterocycles. The van der Waals surface area contributed by atoms with Crippen molar-refractivity contribution < 1.29 is 22.8 Å². The van der Waals surface area contributed by atoms with Crippen LogP contribution in [0.4, 0.5) is 24.7 Å². The molecule has 3 rings (SSSR count). The van der Waals surface area contributed by atoms with Crippen LogP contribution in [0.3, 0.4) is 0 Å². The Labute approximate surface area is 153 Å². The molecular formula is C18H17F3N4O2. The number of carbonyl (C=O) groups excluding carboxylic acids is 2. The number of rotatable bonds is 4. The summed E-state index contributed by atoms with van der Waals surface area (Å²) in [6.45, 7) is 2.48. The van der Waals surface area contributed by atoms with Gasteiger partial charge in [0, 0.05) is 38.1 Å². The fourth-order valence-electron chi connectivity index (χ4n) is 2.74. The normalized spacial score (nSPS) is 14.8. The number of carbonyl (C=O) groups is 2. The molecule has 0 atom stereocenters. The van der Waals surface area contributed by atoms with Crippen molar-refractivity contribution in [3.63, 3.8) is 0 Å². The van der Waals surface area contributed by atoms with Crippen LogP contribution in [0.1, 0.15) is 15.9 Å².